The van der Waals surface area contributed by atoms with E-state index in [0.29, 0.717) is 16.6 Å². The molecule has 0 bridgehead atoms. The van der Waals surface area contributed by atoms with E-state index in [1.807, 2.05) is 19.1 Å². The number of nitrogens with zero attached hydrogens (tertiary/aromatic N) is 3. The van der Waals surface area contributed by atoms with Crippen molar-refractivity contribution >= 4 is 45.9 Å². The number of imide groups is 1. The summed E-state index contributed by atoms with van der Waals surface area (Å²) in [5.74, 6) is -0.426. The van der Waals surface area contributed by atoms with Gasteiger partial charge in [-0.25, -0.2) is 9.78 Å². The molecule has 2 heterocycles. The lowest BCUT2D eigenvalue weighted by Crippen LogP contribution is -2.32. The summed E-state index contributed by atoms with van der Waals surface area (Å²) < 4.78 is 0. The molecule has 0 aliphatic carbocycles. The second-order valence-electron chi connectivity index (χ2n) is 6.27. The van der Waals surface area contributed by atoms with Gasteiger partial charge in [0.2, 0.25) is 11.8 Å². The van der Waals surface area contributed by atoms with Crippen molar-refractivity contribution in [2.24, 2.45) is 0 Å². The summed E-state index contributed by atoms with van der Waals surface area (Å²) in [4.78, 5) is 43.7. The Morgan fingerprint density at radius 2 is 2.00 bits per heavy atom. The Balaban J connectivity index is 1.54. The molecule has 27 heavy (non-hydrogen) atoms. The Hall–Kier alpha value is -2.45. The van der Waals surface area contributed by atoms with Crippen molar-refractivity contribution in [1.29, 1.82) is 0 Å². The molecule has 1 aliphatic rings. The summed E-state index contributed by atoms with van der Waals surface area (Å²) in [6.07, 6.45) is 0.612. The standard InChI is InChI=1S/C18H19ClN4O3S/c1-11-16(12-5-7-13(19)8-6-12)21-17(27-11)20-14(24)4-3-9-23-15(25)10-22(2)18(23)26/h5-8H,3-4,9-10H2,1-2H3,(H,20,21,24). The maximum absolute atomic E-state index is 12.2. The predicted molar refractivity (Wildman–Crippen MR) is 105 cm³/mol. The maximum Gasteiger partial charge on any atom is 0.326 e. The maximum atomic E-state index is 12.2. The average molecular weight is 407 g/mol. The van der Waals surface area contributed by atoms with Crippen molar-refractivity contribution < 1.29 is 14.4 Å². The third-order valence-corrected chi connectivity index (χ3v) is 5.32. The Morgan fingerprint density at radius 1 is 1.30 bits per heavy atom. The van der Waals surface area contributed by atoms with Crippen molar-refractivity contribution in [3.8, 4) is 11.3 Å². The number of aryl methyl sites for hydroxylation is 1. The number of carbonyl (C=O) groups excluding carboxylic acids is 3. The summed E-state index contributed by atoms with van der Waals surface area (Å²) in [5.41, 5.74) is 1.74. The number of anilines is 1. The molecule has 9 heteroatoms. The molecular weight excluding hydrogens is 388 g/mol. The summed E-state index contributed by atoms with van der Waals surface area (Å²) in [5, 5.41) is 3.96. The van der Waals surface area contributed by atoms with E-state index in [2.05, 4.69) is 10.3 Å². The number of thiazole rings is 1. The van der Waals surface area contributed by atoms with E-state index >= 15 is 0 Å². The molecule has 1 aromatic carbocycles. The lowest BCUT2D eigenvalue weighted by atomic mass is 10.1. The second kappa shape index (κ2) is 8.06. The lowest BCUT2D eigenvalue weighted by Gasteiger charge is -2.13. The number of urea groups is 1. The zero-order valence-corrected chi connectivity index (χ0v) is 16.6. The van der Waals surface area contributed by atoms with Crippen LogP contribution in [0, 0.1) is 6.92 Å². The molecular formula is C18H19ClN4O3S. The second-order valence-corrected chi connectivity index (χ2v) is 7.91. The quantitative estimate of drug-likeness (QED) is 0.745. The fraction of sp³-hybridized carbons (Fsp3) is 0.333. The number of aromatic nitrogens is 1. The van der Waals surface area contributed by atoms with Crippen molar-refractivity contribution in [3.63, 3.8) is 0 Å². The van der Waals surface area contributed by atoms with Crippen LogP contribution in [0.3, 0.4) is 0 Å². The van der Waals surface area contributed by atoms with E-state index in [4.69, 9.17) is 11.6 Å². The molecule has 1 N–H and O–H groups in total. The van der Waals surface area contributed by atoms with E-state index in [1.54, 1.807) is 19.2 Å². The first-order valence-corrected chi connectivity index (χ1v) is 9.63. The summed E-state index contributed by atoms with van der Waals surface area (Å²) >= 11 is 7.31. The monoisotopic (exact) mass is 406 g/mol. The van der Waals surface area contributed by atoms with Gasteiger partial charge >= 0.3 is 6.03 Å². The van der Waals surface area contributed by atoms with Crippen molar-refractivity contribution in [3.05, 3.63) is 34.2 Å². The molecule has 0 spiro atoms. The first-order valence-electron chi connectivity index (χ1n) is 8.44. The van der Waals surface area contributed by atoms with Crippen LogP contribution >= 0.6 is 22.9 Å². The van der Waals surface area contributed by atoms with Crippen LogP contribution in [0.2, 0.25) is 5.02 Å². The molecule has 2 aromatic rings. The number of halogens is 1. The third kappa shape index (κ3) is 4.45. The fourth-order valence-electron chi connectivity index (χ4n) is 2.79. The Kier molecular flexibility index (Phi) is 5.76. The smallest absolute Gasteiger partial charge is 0.318 e. The van der Waals surface area contributed by atoms with Gasteiger partial charge in [0.1, 0.15) is 6.54 Å². The van der Waals surface area contributed by atoms with Crippen LogP contribution < -0.4 is 5.32 Å². The average Bonchev–Trinajstić information content (AvgIpc) is 3.09. The highest BCUT2D eigenvalue weighted by molar-refractivity contribution is 7.16. The number of benzene rings is 1. The first-order chi connectivity index (χ1) is 12.8. The van der Waals surface area contributed by atoms with E-state index < -0.39 is 0 Å². The predicted octanol–water partition coefficient (Wildman–Crippen LogP) is 3.38. The highest BCUT2D eigenvalue weighted by Crippen LogP contribution is 2.31. The molecule has 4 amide bonds. The molecule has 0 saturated carbocycles. The molecule has 1 fully saturated rings. The zero-order valence-electron chi connectivity index (χ0n) is 15.0. The van der Waals surface area contributed by atoms with Crippen molar-refractivity contribution in [1.82, 2.24) is 14.8 Å². The van der Waals surface area contributed by atoms with Gasteiger partial charge in [0.15, 0.2) is 5.13 Å². The van der Waals surface area contributed by atoms with E-state index in [0.717, 1.165) is 16.1 Å². The number of rotatable bonds is 6. The minimum Gasteiger partial charge on any atom is -0.318 e. The topological polar surface area (TPSA) is 82.6 Å². The normalized spacial score (nSPS) is 14.2. The van der Waals surface area contributed by atoms with Crippen LogP contribution in [-0.2, 0) is 9.59 Å². The highest BCUT2D eigenvalue weighted by Gasteiger charge is 2.32. The van der Waals surface area contributed by atoms with Gasteiger partial charge in [-0.1, -0.05) is 23.7 Å². The van der Waals surface area contributed by atoms with Crippen molar-refractivity contribution in [2.45, 2.75) is 19.8 Å². The highest BCUT2D eigenvalue weighted by atomic mass is 35.5. The van der Waals surface area contributed by atoms with Crippen LogP contribution in [0.15, 0.2) is 24.3 Å². The number of carbonyl (C=O) groups is 3. The number of hydrogen-bond acceptors (Lipinski definition) is 5. The first kappa shape index (κ1) is 19.3. The van der Waals surface area contributed by atoms with Crippen LogP contribution in [0.5, 0.6) is 0 Å². The molecule has 1 aliphatic heterocycles. The fourth-order valence-corrected chi connectivity index (χ4v) is 3.77. The minimum absolute atomic E-state index is 0.0941. The van der Waals surface area contributed by atoms with Crippen molar-refractivity contribution in [2.75, 3.05) is 25.5 Å². The van der Waals surface area contributed by atoms with Crippen LogP contribution in [0.25, 0.3) is 11.3 Å². The molecule has 142 valence electrons. The summed E-state index contributed by atoms with van der Waals surface area (Å²) in [6.45, 7) is 2.28. The number of hydrogen-bond donors (Lipinski definition) is 1. The number of likely N-dealkylation sites (N-methyl/N-ethyl adjacent to an activating group) is 1. The molecule has 0 atom stereocenters. The Bertz CT molecular complexity index is 881. The van der Waals surface area contributed by atoms with Gasteiger partial charge in [0.25, 0.3) is 0 Å². The number of nitrogens with one attached hydrogen (secondary N) is 1. The minimum atomic E-state index is -0.316. The molecule has 3 rings (SSSR count). The SMILES string of the molecule is Cc1sc(NC(=O)CCCN2C(=O)CN(C)C2=O)nc1-c1ccc(Cl)cc1. The number of amides is 4. The molecule has 7 nitrogen and oxygen atoms in total. The van der Waals surface area contributed by atoms with Gasteiger partial charge < -0.3 is 10.2 Å². The van der Waals surface area contributed by atoms with Crippen LogP contribution in [0.4, 0.5) is 9.93 Å². The zero-order chi connectivity index (χ0) is 19.6. The molecule has 1 saturated heterocycles. The van der Waals surface area contributed by atoms with E-state index in [-0.39, 0.29) is 37.4 Å². The van der Waals surface area contributed by atoms with E-state index in [1.165, 1.54) is 21.1 Å². The van der Waals surface area contributed by atoms with Gasteiger partial charge in [-0.3, -0.25) is 14.5 Å². The Labute approximate surface area is 165 Å². The van der Waals surface area contributed by atoms with Gasteiger partial charge in [-0.05, 0) is 25.5 Å². The van der Waals surface area contributed by atoms with Gasteiger partial charge in [-0.15, -0.1) is 11.3 Å². The Morgan fingerprint density at radius 3 is 2.63 bits per heavy atom. The van der Waals surface area contributed by atoms with E-state index in [9.17, 15) is 14.4 Å². The lowest BCUT2D eigenvalue weighted by molar-refractivity contribution is -0.125. The molecule has 0 radical (unpaired) electrons. The summed E-state index contributed by atoms with van der Waals surface area (Å²) in [7, 11) is 1.58. The van der Waals surface area contributed by atoms with Crippen LogP contribution in [0.1, 0.15) is 17.7 Å². The largest absolute Gasteiger partial charge is 0.326 e. The van der Waals surface area contributed by atoms with Gasteiger partial charge in [0.05, 0.1) is 5.69 Å². The van der Waals surface area contributed by atoms with Crippen LogP contribution in [-0.4, -0.2) is 52.8 Å². The van der Waals surface area contributed by atoms with Gasteiger partial charge in [0, 0.05) is 35.5 Å². The summed E-state index contributed by atoms with van der Waals surface area (Å²) in [6, 6.07) is 7.05. The molecule has 0 unspecified atom stereocenters. The van der Waals surface area contributed by atoms with Gasteiger partial charge in [-0.2, -0.15) is 0 Å². The molecule has 1 aromatic heterocycles. The third-order valence-electron chi connectivity index (χ3n) is 4.18.